The summed E-state index contributed by atoms with van der Waals surface area (Å²) in [4.78, 5) is 25.5. The van der Waals surface area contributed by atoms with Crippen LogP contribution in [-0.2, 0) is 7.05 Å². The van der Waals surface area contributed by atoms with E-state index in [4.69, 9.17) is 0 Å². The van der Waals surface area contributed by atoms with Gasteiger partial charge in [-0.1, -0.05) is 6.92 Å². The molecule has 1 amide bonds. The summed E-state index contributed by atoms with van der Waals surface area (Å²) in [6, 6.07) is 3.26. The van der Waals surface area contributed by atoms with E-state index >= 15 is 0 Å². The van der Waals surface area contributed by atoms with Crippen molar-refractivity contribution in [3.63, 3.8) is 0 Å². The Morgan fingerprint density at radius 2 is 2.21 bits per heavy atom. The fraction of sp³-hybridized carbons (Fsp3) is 0.571. The van der Waals surface area contributed by atoms with Gasteiger partial charge in [-0.3, -0.25) is 9.59 Å². The van der Waals surface area contributed by atoms with E-state index in [9.17, 15) is 9.59 Å². The lowest BCUT2D eigenvalue weighted by atomic mass is 10.2. The molecular formula is C14H22N2O2S. The number of aryl methyl sites for hydroxylation is 1. The Hall–Kier alpha value is -1.23. The molecule has 0 aliphatic carbocycles. The number of hydrogen-bond donors (Lipinski definition) is 0. The van der Waals surface area contributed by atoms with Gasteiger partial charge in [-0.15, -0.1) is 0 Å². The number of pyridine rings is 1. The number of hydrogen-bond acceptors (Lipinski definition) is 3. The standard InChI is InChI=1S/C14H22N2O2S/c1-5-19-9-7-11(2)16(4)14(18)12-6-8-15(3)13(17)10-12/h6,8,10-11H,5,7,9H2,1-4H3/t11-/m0/s1. The Kier molecular flexibility index (Phi) is 6.15. The summed E-state index contributed by atoms with van der Waals surface area (Å²) >= 11 is 1.87. The van der Waals surface area contributed by atoms with Crippen molar-refractivity contribution in [1.82, 2.24) is 9.47 Å². The second-order valence-electron chi connectivity index (χ2n) is 4.62. The molecule has 19 heavy (non-hydrogen) atoms. The molecule has 0 N–H and O–H groups in total. The highest BCUT2D eigenvalue weighted by atomic mass is 32.2. The van der Waals surface area contributed by atoms with Crippen molar-refractivity contribution in [3.8, 4) is 0 Å². The number of nitrogens with zero attached hydrogens (tertiary/aromatic N) is 2. The van der Waals surface area contributed by atoms with E-state index < -0.39 is 0 Å². The van der Waals surface area contributed by atoms with Crippen molar-refractivity contribution in [2.45, 2.75) is 26.3 Å². The molecule has 0 fully saturated rings. The molecule has 1 rings (SSSR count). The highest BCUT2D eigenvalue weighted by Gasteiger charge is 2.17. The third-order valence-electron chi connectivity index (χ3n) is 3.22. The van der Waals surface area contributed by atoms with Gasteiger partial charge in [0.1, 0.15) is 0 Å². The Balaban J connectivity index is 2.70. The van der Waals surface area contributed by atoms with E-state index in [1.165, 1.54) is 10.6 Å². The van der Waals surface area contributed by atoms with Gasteiger partial charge in [-0.2, -0.15) is 11.8 Å². The van der Waals surface area contributed by atoms with Gasteiger partial charge >= 0.3 is 0 Å². The fourth-order valence-corrected chi connectivity index (χ4v) is 2.47. The summed E-state index contributed by atoms with van der Waals surface area (Å²) in [6.07, 6.45) is 2.59. The molecule has 0 aromatic carbocycles. The molecule has 0 spiro atoms. The fourth-order valence-electron chi connectivity index (χ4n) is 1.68. The average molecular weight is 282 g/mol. The van der Waals surface area contributed by atoms with Gasteiger partial charge in [0, 0.05) is 38.0 Å². The number of aromatic nitrogens is 1. The zero-order chi connectivity index (χ0) is 14.4. The van der Waals surface area contributed by atoms with Gasteiger partial charge in [0.2, 0.25) is 0 Å². The van der Waals surface area contributed by atoms with E-state index in [-0.39, 0.29) is 17.5 Å². The van der Waals surface area contributed by atoms with Crippen molar-refractivity contribution in [2.75, 3.05) is 18.6 Å². The Bertz CT molecular complexity index is 485. The van der Waals surface area contributed by atoms with Crippen LogP contribution in [0.15, 0.2) is 23.1 Å². The van der Waals surface area contributed by atoms with Crippen LogP contribution in [0, 0.1) is 0 Å². The van der Waals surface area contributed by atoms with Crippen LogP contribution >= 0.6 is 11.8 Å². The van der Waals surface area contributed by atoms with Crippen LogP contribution in [0.4, 0.5) is 0 Å². The molecule has 4 nitrogen and oxygen atoms in total. The molecular weight excluding hydrogens is 260 g/mol. The average Bonchev–Trinajstić information content (AvgIpc) is 2.40. The van der Waals surface area contributed by atoms with E-state index in [2.05, 4.69) is 6.92 Å². The molecule has 5 heteroatoms. The molecule has 1 heterocycles. The molecule has 1 aromatic heterocycles. The first-order chi connectivity index (χ1) is 8.97. The maximum Gasteiger partial charge on any atom is 0.254 e. The summed E-state index contributed by atoms with van der Waals surface area (Å²) in [5.74, 6) is 2.05. The van der Waals surface area contributed by atoms with Gasteiger partial charge in [-0.25, -0.2) is 0 Å². The van der Waals surface area contributed by atoms with Crippen molar-refractivity contribution in [3.05, 3.63) is 34.2 Å². The molecule has 0 saturated heterocycles. The normalized spacial score (nSPS) is 12.2. The topological polar surface area (TPSA) is 42.3 Å². The van der Waals surface area contributed by atoms with Gasteiger partial charge in [0.05, 0.1) is 0 Å². The minimum atomic E-state index is -0.159. The maximum atomic E-state index is 12.3. The molecule has 0 radical (unpaired) electrons. The first-order valence-corrected chi connectivity index (χ1v) is 7.64. The molecule has 106 valence electrons. The minimum absolute atomic E-state index is 0.0910. The lowest BCUT2D eigenvalue weighted by molar-refractivity contribution is 0.0741. The first kappa shape index (κ1) is 15.8. The van der Waals surface area contributed by atoms with Gasteiger partial charge in [-0.05, 0) is 30.9 Å². The molecule has 1 atom stereocenters. The summed E-state index contributed by atoms with van der Waals surface area (Å²) in [7, 11) is 3.46. The predicted octanol–water partition coefficient (Wildman–Crippen LogP) is 1.99. The molecule has 0 aliphatic rings. The highest BCUT2D eigenvalue weighted by molar-refractivity contribution is 7.99. The van der Waals surface area contributed by atoms with Gasteiger partial charge in [0.15, 0.2) is 0 Å². The van der Waals surface area contributed by atoms with Crippen molar-refractivity contribution < 1.29 is 4.79 Å². The second-order valence-corrected chi connectivity index (χ2v) is 6.01. The zero-order valence-corrected chi connectivity index (χ0v) is 12.9. The second kappa shape index (κ2) is 7.38. The van der Waals surface area contributed by atoms with Crippen LogP contribution in [0.5, 0.6) is 0 Å². The molecule has 0 saturated carbocycles. The monoisotopic (exact) mass is 282 g/mol. The van der Waals surface area contributed by atoms with Crippen LogP contribution in [-0.4, -0.2) is 40.0 Å². The van der Waals surface area contributed by atoms with E-state index in [0.29, 0.717) is 5.56 Å². The number of carbonyl (C=O) groups is 1. The highest BCUT2D eigenvalue weighted by Crippen LogP contribution is 2.11. The van der Waals surface area contributed by atoms with Crippen LogP contribution in [0.2, 0.25) is 0 Å². The summed E-state index contributed by atoms with van der Waals surface area (Å²) in [5, 5.41) is 0. The summed E-state index contributed by atoms with van der Waals surface area (Å²) in [5.41, 5.74) is 0.300. The third-order valence-corrected chi connectivity index (χ3v) is 4.15. The predicted molar refractivity (Wildman–Crippen MR) is 80.9 cm³/mol. The number of rotatable bonds is 6. The van der Waals surface area contributed by atoms with Crippen LogP contribution < -0.4 is 5.56 Å². The lowest BCUT2D eigenvalue weighted by Crippen LogP contribution is -2.36. The summed E-state index contributed by atoms with van der Waals surface area (Å²) in [6.45, 7) is 4.17. The van der Waals surface area contributed by atoms with Crippen molar-refractivity contribution >= 4 is 17.7 Å². The SMILES string of the molecule is CCSCC[C@H](C)N(C)C(=O)c1ccn(C)c(=O)c1. The van der Waals surface area contributed by atoms with E-state index in [0.717, 1.165) is 17.9 Å². The smallest absolute Gasteiger partial charge is 0.254 e. The first-order valence-electron chi connectivity index (χ1n) is 6.49. The van der Waals surface area contributed by atoms with Crippen molar-refractivity contribution in [2.24, 2.45) is 7.05 Å². The molecule has 0 aliphatic heterocycles. The largest absolute Gasteiger partial charge is 0.339 e. The third kappa shape index (κ3) is 4.42. The maximum absolute atomic E-state index is 12.3. The quantitative estimate of drug-likeness (QED) is 0.749. The Morgan fingerprint density at radius 3 is 2.79 bits per heavy atom. The Labute approximate surface area is 118 Å². The van der Waals surface area contributed by atoms with Crippen LogP contribution in [0.25, 0.3) is 0 Å². The number of amides is 1. The van der Waals surface area contributed by atoms with Gasteiger partial charge < -0.3 is 9.47 Å². The van der Waals surface area contributed by atoms with Gasteiger partial charge in [0.25, 0.3) is 11.5 Å². The van der Waals surface area contributed by atoms with Crippen LogP contribution in [0.1, 0.15) is 30.6 Å². The minimum Gasteiger partial charge on any atom is -0.339 e. The lowest BCUT2D eigenvalue weighted by Gasteiger charge is -2.25. The van der Waals surface area contributed by atoms with E-state index in [1.807, 2.05) is 18.7 Å². The molecule has 1 aromatic rings. The summed E-state index contributed by atoms with van der Waals surface area (Å²) < 4.78 is 1.46. The van der Waals surface area contributed by atoms with E-state index in [1.54, 1.807) is 31.3 Å². The van der Waals surface area contributed by atoms with Crippen molar-refractivity contribution in [1.29, 1.82) is 0 Å². The molecule has 0 bridgehead atoms. The van der Waals surface area contributed by atoms with Crippen LogP contribution in [0.3, 0.4) is 0 Å². The zero-order valence-electron chi connectivity index (χ0n) is 12.0. The Morgan fingerprint density at radius 1 is 1.53 bits per heavy atom. The molecule has 0 unspecified atom stereocenters. The number of carbonyl (C=O) groups excluding carboxylic acids is 1. The number of thioether (sulfide) groups is 1.